The Morgan fingerprint density at radius 3 is 3.00 bits per heavy atom. The third-order valence-electron chi connectivity index (χ3n) is 2.78. The Bertz CT molecular complexity index is 413. The minimum absolute atomic E-state index is 0.197. The van der Waals surface area contributed by atoms with Crippen molar-refractivity contribution < 1.29 is 19.7 Å². The molecule has 86 valence electrons. The van der Waals surface area contributed by atoms with Crippen LogP contribution in [-0.4, -0.2) is 22.3 Å². The highest BCUT2D eigenvalue weighted by Gasteiger charge is 2.20. The molecule has 0 aliphatic carbocycles. The predicted octanol–water partition coefficient (Wildman–Crippen LogP) is 1.52. The number of carbonyl (C=O) groups is 1. The molecule has 0 radical (unpaired) electrons. The van der Waals surface area contributed by atoms with Crippen molar-refractivity contribution in [2.75, 3.05) is 0 Å². The SMILES string of the molecule is CC1CCc2cc(C(O)C(=O)O)ccc2O1. The number of aryl methyl sites for hydroxylation is 1. The molecule has 2 N–H and O–H groups in total. The highest BCUT2D eigenvalue weighted by Crippen LogP contribution is 2.30. The van der Waals surface area contributed by atoms with Crippen molar-refractivity contribution in [3.63, 3.8) is 0 Å². The fraction of sp³-hybridized carbons (Fsp3) is 0.417. The number of ether oxygens (including phenoxy) is 1. The molecule has 1 aromatic rings. The summed E-state index contributed by atoms with van der Waals surface area (Å²) in [5.41, 5.74) is 1.38. The Morgan fingerprint density at radius 1 is 1.56 bits per heavy atom. The summed E-state index contributed by atoms with van der Waals surface area (Å²) in [7, 11) is 0. The summed E-state index contributed by atoms with van der Waals surface area (Å²) in [6.07, 6.45) is 0.517. The van der Waals surface area contributed by atoms with Crippen LogP contribution in [0.4, 0.5) is 0 Å². The molecule has 2 rings (SSSR count). The first-order chi connectivity index (χ1) is 7.58. The maximum absolute atomic E-state index is 10.6. The molecule has 4 nitrogen and oxygen atoms in total. The van der Waals surface area contributed by atoms with Gasteiger partial charge in [-0.25, -0.2) is 4.79 Å². The fourth-order valence-corrected chi connectivity index (χ4v) is 1.86. The first-order valence-corrected chi connectivity index (χ1v) is 5.28. The van der Waals surface area contributed by atoms with Crippen LogP contribution in [0.1, 0.15) is 30.6 Å². The van der Waals surface area contributed by atoms with Gasteiger partial charge in [0.05, 0.1) is 6.10 Å². The number of aliphatic hydroxyl groups is 1. The molecular formula is C12H14O4. The number of hydrogen-bond acceptors (Lipinski definition) is 3. The average Bonchev–Trinajstić information content (AvgIpc) is 2.27. The van der Waals surface area contributed by atoms with Crippen LogP contribution >= 0.6 is 0 Å². The van der Waals surface area contributed by atoms with Crippen LogP contribution in [0.25, 0.3) is 0 Å². The molecule has 4 heteroatoms. The van der Waals surface area contributed by atoms with E-state index < -0.39 is 12.1 Å². The molecule has 0 fully saturated rings. The van der Waals surface area contributed by atoms with Crippen molar-refractivity contribution in [1.29, 1.82) is 0 Å². The van der Waals surface area contributed by atoms with Crippen molar-refractivity contribution >= 4 is 5.97 Å². The van der Waals surface area contributed by atoms with Crippen LogP contribution in [0.2, 0.25) is 0 Å². The standard InChI is InChI=1S/C12H14O4/c1-7-2-3-8-6-9(11(13)12(14)15)4-5-10(8)16-7/h4-7,11,13H,2-3H2,1H3,(H,14,15). The monoisotopic (exact) mass is 222 g/mol. The Balaban J connectivity index is 2.29. The highest BCUT2D eigenvalue weighted by molar-refractivity contribution is 5.74. The van der Waals surface area contributed by atoms with Gasteiger partial charge in [-0.15, -0.1) is 0 Å². The summed E-state index contributed by atoms with van der Waals surface area (Å²) >= 11 is 0. The zero-order chi connectivity index (χ0) is 11.7. The van der Waals surface area contributed by atoms with Crippen LogP contribution in [-0.2, 0) is 11.2 Å². The Morgan fingerprint density at radius 2 is 2.31 bits per heavy atom. The second kappa shape index (κ2) is 4.14. The molecule has 1 heterocycles. The first kappa shape index (κ1) is 11.0. The number of aliphatic hydroxyl groups excluding tert-OH is 1. The van der Waals surface area contributed by atoms with E-state index in [-0.39, 0.29) is 6.10 Å². The molecule has 2 atom stereocenters. The number of rotatable bonds is 2. The van der Waals surface area contributed by atoms with E-state index in [1.54, 1.807) is 18.2 Å². The van der Waals surface area contributed by atoms with Crippen LogP contribution in [0.5, 0.6) is 5.75 Å². The number of carboxylic acid groups (broad SMARTS) is 1. The van der Waals surface area contributed by atoms with Crippen molar-refractivity contribution in [1.82, 2.24) is 0 Å². The van der Waals surface area contributed by atoms with E-state index >= 15 is 0 Å². The average molecular weight is 222 g/mol. The van der Waals surface area contributed by atoms with Crippen LogP contribution < -0.4 is 4.74 Å². The lowest BCUT2D eigenvalue weighted by atomic mass is 9.98. The van der Waals surface area contributed by atoms with Gasteiger partial charge >= 0.3 is 5.97 Å². The molecule has 0 aromatic heterocycles. The van der Waals surface area contributed by atoms with Crippen molar-refractivity contribution in [3.05, 3.63) is 29.3 Å². The van der Waals surface area contributed by atoms with E-state index in [4.69, 9.17) is 9.84 Å². The van der Waals surface area contributed by atoms with Crippen LogP contribution in [0, 0.1) is 0 Å². The molecule has 0 bridgehead atoms. The summed E-state index contributed by atoms with van der Waals surface area (Å²) in [4.78, 5) is 10.6. The second-order valence-electron chi connectivity index (χ2n) is 4.08. The Labute approximate surface area is 93.5 Å². The quantitative estimate of drug-likeness (QED) is 0.796. The molecule has 0 spiro atoms. The van der Waals surface area contributed by atoms with Gasteiger partial charge in [-0.2, -0.15) is 0 Å². The lowest BCUT2D eigenvalue weighted by molar-refractivity contribution is -0.146. The minimum atomic E-state index is -1.45. The van der Waals surface area contributed by atoms with Gasteiger partial charge in [0.25, 0.3) is 0 Å². The molecule has 0 saturated carbocycles. The summed E-state index contributed by atoms with van der Waals surface area (Å²) in [5.74, 6) is -0.440. The smallest absolute Gasteiger partial charge is 0.337 e. The van der Waals surface area contributed by atoms with E-state index in [1.807, 2.05) is 6.92 Å². The summed E-state index contributed by atoms with van der Waals surface area (Å²) < 4.78 is 5.60. The van der Waals surface area contributed by atoms with Crippen LogP contribution in [0.3, 0.4) is 0 Å². The minimum Gasteiger partial charge on any atom is -0.490 e. The number of hydrogen-bond donors (Lipinski definition) is 2. The van der Waals surface area contributed by atoms with E-state index in [0.717, 1.165) is 24.2 Å². The van der Waals surface area contributed by atoms with Gasteiger partial charge < -0.3 is 14.9 Å². The van der Waals surface area contributed by atoms with E-state index in [9.17, 15) is 9.90 Å². The maximum atomic E-state index is 10.6. The maximum Gasteiger partial charge on any atom is 0.337 e. The van der Waals surface area contributed by atoms with E-state index in [0.29, 0.717) is 5.56 Å². The number of fused-ring (bicyclic) bond motifs is 1. The van der Waals surface area contributed by atoms with Gasteiger partial charge in [-0.3, -0.25) is 0 Å². The molecular weight excluding hydrogens is 208 g/mol. The van der Waals surface area contributed by atoms with Gasteiger partial charge in [-0.05, 0) is 43.0 Å². The molecule has 16 heavy (non-hydrogen) atoms. The normalized spacial score (nSPS) is 20.8. The molecule has 1 aliphatic rings. The van der Waals surface area contributed by atoms with Crippen LogP contribution in [0.15, 0.2) is 18.2 Å². The number of carboxylic acids is 1. The van der Waals surface area contributed by atoms with E-state index in [1.165, 1.54) is 0 Å². The molecule has 0 amide bonds. The lowest BCUT2D eigenvalue weighted by Crippen LogP contribution is -2.19. The second-order valence-corrected chi connectivity index (χ2v) is 4.08. The highest BCUT2D eigenvalue weighted by atomic mass is 16.5. The largest absolute Gasteiger partial charge is 0.490 e. The Hall–Kier alpha value is -1.55. The van der Waals surface area contributed by atoms with Crippen molar-refractivity contribution in [3.8, 4) is 5.75 Å². The van der Waals surface area contributed by atoms with Gasteiger partial charge in [0.1, 0.15) is 5.75 Å². The lowest BCUT2D eigenvalue weighted by Gasteiger charge is -2.24. The third kappa shape index (κ3) is 2.02. The first-order valence-electron chi connectivity index (χ1n) is 5.28. The molecule has 2 unspecified atom stereocenters. The van der Waals surface area contributed by atoms with Gasteiger partial charge in [0, 0.05) is 0 Å². The predicted molar refractivity (Wildman–Crippen MR) is 57.4 cm³/mol. The fourth-order valence-electron chi connectivity index (χ4n) is 1.86. The third-order valence-corrected chi connectivity index (χ3v) is 2.78. The number of aliphatic carboxylic acids is 1. The Kier molecular flexibility index (Phi) is 2.83. The summed E-state index contributed by atoms with van der Waals surface area (Å²) in [6, 6.07) is 5.03. The number of benzene rings is 1. The van der Waals surface area contributed by atoms with Gasteiger partial charge in [0.15, 0.2) is 6.10 Å². The molecule has 1 aliphatic heterocycles. The summed E-state index contributed by atoms with van der Waals surface area (Å²) in [6.45, 7) is 2.00. The topological polar surface area (TPSA) is 66.8 Å². The zero-order valence-corrected chi connectivity index (χ0v) is 9.01. The molecule has 1 aromatic carbocycles. The molecule has 0 saturated heterocycles. The summed E-state index contributed by atoms with van der Waals surface area (Å²) in [5, 5.41) is 18.1. The van der Waals surface area contributed by atoms with Crippen molar-refractivity contribution in [2.45, 2.75) is 32.0 Å². The van der Waals surface area contributed by atoms with Gasteiger partial charge in [-0.1, -0.05) is 6.07 Å². The van der Waals surface area contributed by atoms with E-state index in [2.05, 4.69) is 0 Å². The van der Waals surface area contributed by atoms with Crippen molar-refractivity contribution in [2.24, 2.45) is 0 Å². The zero-order valence-electron chi connectivity index (χ0n) is 9.01. The van der Waals surface area contributed by atoms with Gasteiger partial charge in [0.2, 0.25) is 0 Å².